The predicted octanol–water partition coefficient (Wildman–Crippen LogP) is 2.28. The summed E-state index contributed by atoms with van der Waals surface area (Å²) in [5, 5.41) is 8.02. The topological polar surface area (TPSA) is 29.9 Å². The van der Waals surface area contributed by atoms with E-state index in [0.29, 0.717) is 11.5 Å². The lowest BCUT2D eigenvalue weighted by molar-refractivity contribution is 0.437. The van der Waals surface area contributed by atoms with Crippen LogP contribution in [0.15, 0.2) is 42.6 Å². The number of aryl methyl sites for hydroxylation is 1. The third-order valence-electron chi connectivity index (χ3n) is 4.33. The molecule has 1 unspecified atom stereocenters. The molecule has 0 radical (unpaired) electrons. The average Bonchev–Trinajstić information content (AvgIpc) is 3.15. The Morgan fingerprint density at radius 2 is 2.00 bits per heavy atom. The number of aromatic nitrogens is 2. The fourth-order valence-electron chi connectivity index (χ4n) is 3.10. The minimum Gasteiger partial charge on any atom is -0.316 e. The van der Waals surface area contributed by atoms with Gasteiger partial charge in [-0.1, -0.05) is 30.3 Å². The lowest BCUT2D eigenvalue weighted by Crippen LogP contribution is -2.39. The molecule has 0 amide bonds. The molecule has 3 heteroatoms. The molecule has 3 rings (SSSR count). The first-order chi connectivity index (χ1) is 9.24. The van der Waals surface area contributed by atoms with Crippen LogP contribution in [0.5, 0.6) is 0 Å². The van der Waals surface area contributed by atoms with Crippen LogP contribution >= 0.6 is 0 Å². The van der Waals surface area contributed by atoms with Gasteiger partial charge in [-0.05, 0) is 31.5 Å². The van der Waals surface area contributed by atoms with E-state index in [1.165, 1.54) is 24.1 Å². The van der Waals surface area contributed by atoms with Crippen LogP contribution in [0.3, 0.4) is 0 Å². The Kier molecular flexibility index (Phi) is 3.15. The van der Waals surface area contributed by atoms with E-state index in [-0.39, 0.29) is 0 Å². The molecule has 1 heterocycles. The van der Waals surface area contributed by atoms with Gasteiger partial charge >= 0.3 is 0 Å². The van der Waals surface area contributed by atoms with Crippen molar-refractivity contribution >= 4 is 0 Å². The van der Waals surface area contributed by atoms with Crippen molar-refractivity contribution in [1.29, 1.82) is 0 Å². The smallest absolute Gasteiger partial charge is 0.0640 e. The molecule has 3 nitrogen and oxygen atoms in total. The summed E-state index contributed by atoms with van der Waals surface area (Å²) < 4.78 is 1.88. The average molecular weight is 255 g/mol. The van der Waals surface area contributed by atoms with Gasteiger partial charge < -0.3 is 5.32 Å². The van der Waals surface area contributed by atoms with Gasteiger partial charge in [-0.2, -0.15) is 5.10 Å². The molecule has 2 aromatic rings. The monoisotopic (exact) mass is 255 g/mol. The summed E-state index contributed by atoms with van der Waals surface area (Å²) in [5.41, 5.74) is 2.95. The van der Waals surface area contributed by atoms with Crippen LogP contribution in [0.2, 0.25) is 0 Å². The SMILES string of the molecule is CNC(Cc1ccn(C)n1)C1(c2ccccc2)CC1. The van der Waals surface area contributed by atoms with Crippen molar-refractivity contribution in [2.75, 3.05) is 7.05 Å². The molecule has 1 aliphatic rings. The fraction of sp³-hybridized carbons (Fsp3) is 0.438. The Balaban J connectivity index is 1.82. The first-order valence-electron chi connectivity index (χ1n) is 6.96. The van der Waals surface area contributed by atoms with E-state index >= 15 is 0 Å². The minimum absolute atomic E-state index is 0.313. The van der Waals surface area contributed by atoms with Crippen molar-refractivity contribution < 1.29 is 0 Å². The van der Waals surface area contributed by atoms with E-state index in [1.807, 2.05) is 17.9 Å². The molecule has 1 saturated carbocycles. The van der Waals surface area contributed by atoms with Crippen LogP contribution in [-0.2, 0) is 18.9 Å². The largest absolute Gasteiger partial charge is 0.316 e. The van der Waals surface area contributed by atoms with Crippen LogP contribution in [0.4, 0.5) is 0 Å². The summed E-state index contributed by atoms with van der Waals surface area (Å²) in [6.45, 7) is 0. The molecular formula is C16H21N3. The van der Waals surface area contributed by atoms with Crippen molar-refractivity contribution in [2.24, 2.45) is 7.05 Å². The van der Waals surface area contributed by atoms with Crippen LogP contribution in [0.25, 0.3) is 0 Å². The van der Waals surface area contributed by atoms with Crippen molar-refractivity contribution in [2.45, 2.75) is 30.7 Å². The molecule has 1 fully saturated rings. The lowest BCUT2D eigenvalue weighted by Gasteiger charge is -2.26. The van der Waals surface area contributed by atoms with Gasteiger partial charge in [0.1, 0.15) is 0 Å². The molecule has 1 aliphatic carbocycles. The maximum Gasteiger partial charge on any atom is 0.0640 e. The highest BCUT2D eigenvalue weighted by Gasteiger charge is 2.49. The molecule has 0 saturated heterocycles. The highest BCUT2D eigenvalue weighted by atomic mass is 15.2. The van der Waals surface area contributed by atoms with Gasteiger partial charge in [0.25, 0.3) is 0 Å². The number of benzene rings is 1. The molecule has 1 aromatic heterocycles. The first-order valence-corrected chi connectivity index (χ1v) is 6.96. The quantitative estimate of drug-likeness (QED) is 0.888. The standard InChI is InChI=1S/C16H21N3/c1-17-15(12-14-8-11-19(2)18-14)16(9-10-16)13-6-4-3-5-7-13/h3-8,11,15,17H,9-10,12H2,1-2H3. The van der Waals surface area contributed by atoms with Gasteiger partial charge in [0.05, 0.1) is 5.69 Å². The first kappa shape index (κ1) is 12.4. The van der Waals surface area contributed by atoms with E-state index < -0.39 is 0 Å². The van der Waals surface area contributed by atoms with Gasteiger partial charge in [-0.25, -0.2) is 0 Å². The van der Waals surface area contributed by atoms with Crippen LogP contribution < -0.4 is 5.32 Å². The third kappa shape index (κ3) is 2.30. The fourth-order valence-corrected chi connectivity index (χ4v) is 3.10. The van der Waals surface area contributed by atoms with Crippen LogP contribution in [0, 0.1) is 0 Å². The Hall–Kier alpha value is -1.61. The Morgan fingerprint density at radius 1 is 1.26 bits per heavy atom. The van der Waals surface area contributed by atoms with Gasteiger partial charge in [0.2, 0.25) is 0 Å². The van der Waals surface area contributed by atoms with Crippen molar-refractivity contribution in [1.82, 2.24) is 15.1 Å². The Bertz CT molecular complexity index is 540. The second kappa shape index (κ2) is 4.82. The Morgan fingerprint density at radius 3 is 2.53 bits per heavy atom. The molecule has 1 atom stereocenters. The van der Waals surface area contributed by atoms with Crippen LogP contribution in [0.1, 0.15) is 24.1 Å². The maximum atomic E-state index is 4.51. The zero-order chi connectivity index (χ0) is 13.3. The molecule has 0 bridgehead atoms. The van der Waals surface area contributed by atoms with Gasteiger partial charge in [-0.15, -0.1) is 0 Å². The van der Waals surface area contributed by atoms with Gasteiger partial charge in [0, 0.05) is 31.1 Å². The number of hydrogen-bond donors (Lipinski definition) is 1. The number of hydrogen-bond acceptors (Lipinski definition) is 2. The van der Waals surface area contributed by atoms with E-state index in [0.717, 1.165) is 6.42 Å². The molecule has 0 spiro atoms. The molecular weight excluding hydrogens is 234 g/mol. The second-order valence-electron chi connectivity index (χ2n) is 5.55. The summed E-state index contributed by atoms with van der Waals surface area (Å²) in [6.07, 6.45) is 5.56. The molecule has 0 aliphatic heterocycles. The summed E-state index contributed by atoms with van der Waals surface area (Å²) in [5.74, 6) is 0. The highest BCUT2D eigenvalue weighted by molar-refractivity contribution is 5.34. The van der Waals surface area contributed by atoms with Crippen molar-refractivity contribution in [3.05, 3.63) is 53.9 Å². The minimum atomic E-state index is 0.313. The zero-order valence-electron chi connectivity index (χ0n) is 11.6. The molecule has 100 valence electrons. The van der Waals surface area contributed by atoms with Crippen LogP contribution in [-0.4, -0.2) is 22.9 Å². The predicted molar refractivity (Wildman–Crippen MR) is 77.1 cm³/mol. The number of rotatable bonds is 5. The number of likely N-dealkylation sites (N-methyl/N-ethyl adjacent to an activating group) is 1. The van der Waals surface area contributed by atoms with Gasteiger partial charge in [-0.3, -0.25) is 4.68 Å². The van der Waals surface area contributed by atoms with E-state index in [4.69, 9.17) is 0 Å². The van der Waals surface area contributed by atoms with Gasteiger partial charge in [0.15, 0.2) is 0 Å². The van der Waals surface area contributed by atoms with Crippen molar-refractivity contribution in [3.8, 4) is 0 Å². The highest BCUT2D eigenvalue weighted by Crippen LogP contribution is 2.51. The summed E-state index contributed by atoms with van der Waals surface area (Å²) in [6, 6.07) is 13.5. The number of nitrogens with zero attached hydrogens (tertiary/aromatic N) is 2. The normalized spacial score (nSPS) is 18.2. The van der Waals surface area contributed by atoms with E-state index in [9.17, 15) is 0 Å². The maximum absolute atomic E-state index is 4.51. The molecule has 19 heavy (non-hydrogen) atoms. The third-order valence-corrected chi connectivity index (χ3v) is 4.33. The molecule has 1 aromatic carbocycles. The van der Waals surface area contributed by atoms with Crippen molar-refractivity contribution in [3.63, 3.8) is 0 Å². The summed E-state index contributed by atoms with van der Waals surface area (Å²) >= 11 is 0. The second-order valence-corrected chi connectivity index (χ2v) is 5.55. The zero-order valence-corrected chi connectivity index (χ0v) is 11.6. The Labute approximate surface area is 114 Å². The lowest BCUT2D eigenvalue weighted by atomic mass is 9.85. The van der Waals surface area contributed by atoms with E-state index in [1.54, 1.807) is 0 Å². The summed E-state index contributed by atoms with van der Waals surface area (Å²) in [4.78, 5) is 0. The summed E-state index contributed by atoms with van der Waals surface area (Å²) in [7, 11) is 4.04. The number of nitrogens with one attached hydrogen (secondary N) is 1. The van der Waals surface area contributed by atoms with E-state index in [2.05, 4.69) is 53.9 Å². The molecule has 1 N–H and O–H groups in total.